The molecular formula is C21H23ClF3N5O2S. The molecule has 0 fully saturated rings. The van der Waals surface area contributed by atoms with E-state index in [1.807, 2.05) is 7.05 Å². The molecule has 33 heavy (non-hydrogen) atoms. The first-order valence-corrected chi connectivity index (χ1v) is 11.1. The first kappa shape index (κ1) is 25.0. The summed E-state index contributed by atoms with van der Waals surface area (Å²) in [6.45, 7) is 2.01. The van der Waals surface area contributed by atoms with Crippen molar-refractivity contribution >= 4 is 28.8 Å². The van der Waals surface area contributed by atoms with Crippen LogP contribution in [0.3, 0.4) is 0 Å². The van der Waals surface area contributed by atoms with Gasteiger partial charge in [0.25, 0.3) is 5.91 Å². The van der Waals surface area contributed by atoms with Gasteiger partial charge in [-0.2, -0.15) is 18.3 Å². The number of ether oxygens (including phenoxy) is 1. The van der Waals surface area contributed by atoms with Crippen LogP contribution in [0.25, 0.3) is 5.69 Å². The number of nitrogens with zero attached hydrogens (tertiary/aromatic N) is 2. The average Bonchev–Trinajstić information content (AvgIpc) is 3.39. The lowest BCUT2D eigenvalue weighted by atomic mass is 10.2. The number of rotatable bonds is 10. The van der Waals surface area contributed by atoms with Gasteiger partial charge in [-0.25, -0.2) is 4.68 Å². The molecule has 3 N–H and O–H groups in total. The molecule has 178 valence electrons. The van der Waals surface area contributed by atoms with Crippen molar-refractivity contribution in [1.29, 1.82) is 0 Å². The monoisotopic (exact) mass is 501 g/mol. The Kier molecular flexibility index (Phi) is 8.35. The van der Waals surface area contributed by atoms with Gasteiger partial charge in [0.1, 0.15) is 15.8 Å². The van der Waals surface area contributed by atoms with Crippen molar-refractivity contribution in [3.8, 4) is 11.4 Å². The molecule has 7 nitrogen and oxygen atoms in total. The van der Waals surface area contributed by atoms with Crippen LogP contribution in [0.4, 0.5) is 13.2 Å². The van der Waals surface area contributed by atoms with Gasteiger partial charge in [0.15, 0.2) is 5.69 Å². The van der Waals surface area contributed by atoms with Gasteiger partial charge >= 0.3 is 6.18 Å². The van der Waals surface area contributed by atoms with E-state index in [1.54, 1.807) is 30.3 Å². The zero-order chi connectivity index (χ0) is 24.0. The predicted molar refractivity (Wildman–Crippen MR) is 121 cm³/mol. The van der Waals surface area contributed by atoms with Crippen molar-refractivity contribution in [3.63, 3.8) is 0 Å². The van der Waals surface area contributed by atoms with Crippen molar-refractivity contribution in [2.45, 2.75) is 19.3 Å². The number of alkyl halides is 3. The Bertz CT molecular complexity index is 1100. The fraction of sp³-hybridized carbons (Fsp3) is 0.333. The van der Waals surface area contributed by atoms with Gasteiger partial charge in [0.05, 0.1) is 12.8 Å². The average molecular weight is 502 g/mol. The first-order valence-electron chi connectivity index (χ1n) is 9.95. The molecule has 0 radical (unpaired) electrons. The van der Waals surface area contributed by atoms with Gasteiger partial charge in [-0.3, -0.25) is 4.79 Å². The Labute approximate surface area is 197 Å². The summed E-state index contributed by atoms with van der Waals surface area (Å²) in [5.74, 6) is -0.168. The summed E-state index contributed by atoms with van der Waals surface area (Å²) in [6, 6.07) is 9.37. The second-order valence-electron chi connectivity index (χ2n) is 6.97. The van der Waals surface area contributed by atoms with Crippen molar-refractivity contribution in [3.05, 3.63) is 62.6 Å². The number of nitrogens with one attached hydrogen (secondary N) is 3. The van der Waals surface area contributed by atoms with E-state index in [9.17, 15) is 18.0 Å². The van der Waals surface area contributed by atoms with Gasteiger partial charge in [0, 0.05) is 42.7 Å². The molecule has 1 amide bonds. The summed E-state index contributed by atoms with van der Waals surface area (Å²) >= 11 is 7.53. The molecule has 2 aromatic heterocycles. The van der Waals surface area contributed by atoms with Crippen molar-refractivity contribution in [1.82, 2.24) is 25.7 Å². The number of carbonyl (C=O) groups excluding carboxylic acids is 1. The van der Waals surface area contributed by atoms with E-state index >= 15 is 0 Å². The molecule has 0 saturated carbocycles. The third-order valence-corrected chi connectivity index (χ3v) is 6.00. The van der Waals surface area contributed by atoms with Crippen LogP contribution in [0, 0.1) is 0 Å². The minimum Gasteiger partial charge on any atom is -0.496 e. The van der Waals surface area contributed by atoms with Crippen LogP contribution in [-0.4, -0.2) is 42.9 Å². The smallest absolute Gasteiger partial charge is 0.435 e. The van der Waals surface area contributed by atoms with Crippen molar-refractivity contribution in [2.24, 2.45) is 0 Å². The number of benzene rings is 1. The second-order valence-corrected chi connectivity index (χ2v) is 8.71. The highest BCUT2D eigenvalue weighted by Crippen LogP contribution is 2.34. The zero-order valence-electron chi connectivity index (χ0n) is 17.9. The summed E-state index contributed by atoms with van der Waals surface area (Å²) in [6.07, 6.45) is -4.72. The van der Waals surface area contributed by atoms with Crippen LogP contribution in [0.5, 0.6) is 5.75 Å². The number of carbonyl (C=O) groups is 1. The van der Waals surface area contributed by atoms with Crippen LogP contribution in [-0.2, 0) is 19.3 Å². The van der Waals surface area contributed by atoms with Gasteiger partial charge < -0.3 is 20.7 Å². The summed E-state index contributed by atoms with van der Waals surface area (Å²) in [4.78, 5) is 13.7. The molecule has 0 aliphatic rings. The highest BCUT2D eigenvalue weighted by Gasteiger charge is 2.36. The normalized spacial score (nSPS) is 11.6. The van der Waals surface area contributed by atoms with E-state index in [2.05, 4.69) is 21.0 Å². The minimum absolute atomic E-state index is 0.0629. The van der Waals surface area contributed by atoms with E-state index in [-0.39, 0.29) is 22.3 Å². The van der Waals surface area contributed by atoms with Crippen LogP contribution in [0.2, 0.25) is 4.34 Å². The lowest BCUT2D eigenvalue weighted by molar-refractivity contribution is -0.141. The third kappa shape index (κ3) is 6.26. The number of hydrogen-bond donors (Lipinski definition) is 3. The quantitative estimate of drug-likeness (QED) is 0.368. The lowest BCUT2D eigenvalue weighted by Gasteiger charge is -2.10. The summed E-state index contributed by atoms with van der Waals surface area (Å²) in [5.41, 5.74) is -0.559. The van der Waals surface area contributed by atoms with Gasteiger partial charge in [-0.05, 0) is 19.2 Å². The van der Waals surface area contributed by atoms with Crippen LogP contribution < -0.4 is 20.7 Å². The molecule has 12 heteroatoms. The molecule has 0 saturated heterocycles. The van der Waals surface area contributed by atoms with Crippen LogP contribution >= 0.6 is 22.9 Å². The fourth-order valence-electron chi connectivity index (χ4n) is 3.04. The maximum Gasteiger partial charge on any atom is 0.435 e. The van der Waals surface area contributed by atoms with Gasteiger partial charge in [0.2, 0.25) is 0 Å². The Morgan fingerprint density at radius 1 is 1.21 bits per heavy atom. The molecule has 0 atom stereocenters. The van der Waals surface area contributed by atoms with E-state index in [4.69, 9.17) is 16.3 Å². The van der Waals surface area contributed by atoms with Crippen molar-refractivity contribution < 1.29 is 22.7 Å². The predicted octanol–water partition coefficient (Wildman–Crippen LogP) is 3.85. The molecule has 0 bridgehead atoms. The van der Waals surface area contributed by atoms with Gasteiger partial charge in [-0.1, -0.05) is 29.8 Å². The maximum absolute atomic E-state index is 13.4. The zero-order valence-corrected chi connectivity index (χ0v) is 19.5. The standard InChI is InChI=1S/C21H23ClF3N5O2S/c1-26-7-8-27-12-14-9-15(19(22)33-14)30-16(10-18(29-30)21(23,24)25)20(31)28-11-13-5-3-4-6-17(13)32-2/h3-6,9-10,26-27H,7-8,11-12H2,1-2H3,(H,28,31). The van der Waals surface area contributed by atoms with Gasteiger partial charge in [-0.15, -0.1) is 11.3 Å². The molecule has 0 unspecified atom stereocenters. The van der Waals surface area contributed by atoms with E-state index in [1.165, 1.54) is 18.4 Å². The van der Waals surface area contributed by atoms with E-state index < -0.39 is 17.8 Å². The number of amides is 1. The van der Waals surface area contributed by atoms with E-state index in [0.717, 1.165) is 22.2 Å². The Morgan fingerprint density at radius 2 is 1.97 bits per heavy atom. The Morgan fingerprint density at radius 3 is 2.67 bits per heavy atom. The number of thiophene rings is 1. The lowest BCUT2D eigenvalue weighted by Crippen LogP contribution is -2.25. The number of methoxy groups -OCH3 is 1. The molecule has 2 heterocycles. The molecule has 0 aliphatic heterocycles. The second kappa shape index (κ2) is 11.0. The Hall–Kier alpha value is -2.60. The Balaban J connectivity index is 1.87. The maximum atomic E-state index is 13.4. The van der Waals surface area contributed by atoms with Crippen LogP contribution in [0.1, 0.15) is 26.6 Å². The number of halogens is 4. The fourth-order valence-corrected chi connectivity index (χ4v) is 4.30. The molecule has 3 aromatic rings. The number of aromatic nitrogens is 2. The third-order valence-electron chi connectivity index (χ3n) is 4.66. The summed E-state index contributed by atoms with van der Waals surface area (Å²) in [7, 11) is 3.33. The topological polar surface area (TPSA) is 80.2 Å². The summed E-state index contributed by atoms with van der Waals surface area (Å²) in [5, 5.41) is 12.5. The number of para-hydroxylation sites is 1. The number of hydrogen-bond acceptors (Lipinski definition) is 6. The van der Waals surface area contributed by atoms with Crippen LogP contribution in [0.15, 0.2) is 36.4 Å². The number of likely N-dealkylation sites (N-methyl/N-ethyl adjacent to an activating group) is 1. The largest absolute Gasteiger partial charge is 0.496 e. The molecule has 0 aliphatic carbocycles. The molecule has 0 spiro atoms. The minimum atomic E-state index is -4.72. The SMILES string of the molecule is CNCCNCc1cc(-n2nc(C(F)(F)F)cc2C(=O)NCc2ccccc2OC)c(Cl)s1. The molecule has 1 aromatic carbocycles. The molecular weight excluding hydrogens is 479 g/mol. The van der Waals surface area contributed by atoms with E-state index in [0.29, 0.717) is 24.4 Å². The molecule has 3 rings (SSSR count). The highest BCUT2D eigenvalue weighted by molar-refractivity contribution is 7.16. The summed E-state index contributed by atoms with van der Waals surface area (Å²) < 4.78 is 46.6. The van der Waals surface area contributed by atoms with Crippen molar-refractivity contribution in [2.75, 3.05) is 27.2 Å². The highest BCUT2D eigenvalue weighted by atomic mass is 35.5. The first-order chi connectivity index (χ1) is 15.7.